The average molecular weight is 338 g/mol. The second-order valence-corrected chi connectivity index (χ2v) is 7.07. The van der Waals surface area contributed by atoms with Gasteiger partial charge in [0.2, 0.25) is 0 Å². The lowest BCUT2D eigenvalue weighted by molar-refractivity contribution is 0.187. The van der Waals surface area contributed by atoms with Gasteiger partial charge in [0.05, 0.1) is 7.11 Å². The number of aliphatic imine (C=N–C) groups is 1. The van der Waals surface area contributed by atoms with Crippen molar-refractivity contribution in [3.63, 3.8) is 0 Å². The van der Waals surface area contributed by atoms with Crippen LogP contribution < -0.4 is 16.0 Å². The Labute approximate surface area is 142 Å². The van der Waals surface area contributed by atoms with Crippen molar-refractivity contribution in [1.82, 2.24) is 10.6 Å². The van der Waals surface area contributed by atoms with E-state index in [2.05, 4.69) is 45.8 Å². The van der Waals surface area contributed by atoms with Gasteiger partial charge in [-0.05, 0) is 37.8 Å². The molecule has 7 heteroatoms. The van der Waals surface area contributed by atoms with E-state index in [9.17, 15) is 4.79 Å². The van der Waals surface area contributed by atoms with E-state index in [1.54, 1.807) is 7.05 Å². The number of benzene rings is 1. The third-order valence-corrected chi connectivity index (χ3v) is 4.55. The molecule has 0 aliphatic heterocycles. The zero-order valence-corrected chi connectivity index (χ0v) is 15.2. The molecule has 0 aliphatic rings. The highest BCUT2D eigenvalue weighted by Gasteiger charge is 2.15. The van der Waals surface area contributed by atoms with E-state index in [1.165, 1.54) is 7.11 Å². The number of hydrogen-bond donors (Lipinski definition) is 3. The molecule has 0 fully saturated rings. The van der Waals surface area contributed by atoms with Crippen LogP contribution in [0.3, 0.4) is 0 Å². The van der Waals surface area contributed by atoms with Crippen molar-refractivity contribution in [1.29, 1.82) is 0 Å². The summed E-state index contributed by atoms with van der Waals surface area (Å²) < 4.78 is 4.70. The van der Waals surface area contributed by atoms with E-state index in [0.29, 0.717) is 12.2 Å². The van der Waals surface area contributed by atoms with Gasteiger partial charge in [0.1, 0.15) is 0 Å². The Morgan fingerprint density at radius 1 is 1.26 bits per heavy atom. The van der Waals surface area contributed by atoms with Crippen LogP contribution in [0.25, 0.3) is 0 Å². The fraction of sp³-hybridized carbons (Fsp3) is 0.500. The van der Waals surface area contributed by atoms with Crippen molar-refractivity contribution in [2.45, 2.75) is 25.1 Å². The number of thioether (sulfide) groups is 1. The summed E-state index contributed by atoms with van der Waals surface area (Å²) in [6.07, 6.45) is 1.62. The number of ether oxygens (including phenoxy) is 1. The van der Waals surface area contributed by atoms with Gasteiger partial charge in [-0.3, -0.25) is 10.3 Å². The van der Waals surface area contributed by atoms with Crippen molar-refractivity contribution in [2.75, 3.05) is 32.3 Å². The van der Waals surface area contributed by atoms with Gasteiger partial charge in [-0.25, -0.2) is 4.79 Å². The van der Waals surface area contributed by atoms with Crippen LogP contribution >= 0.6 is 11.8 Å². The van der Waals surface area contributed by atoms with Crippen molar-refractivity contribution >= 4 is 29.5 Å². The number of nitrogens with zero attached hydrogens (tertiary/aromatic N) is 1. The number of guanidine groups is 1. The minimum absolute atomic E-state index is 0.152. The minimum Gasteiger partial charge on any atom is -0.453 e. The summed E-state index contributed by atoms with van der Waals surface area (Å²) in [5.74, 6) is 0.767. The van der Waals surface area contributed by atoms with Crippen LogP contribution in [-0.4, -0.2) is 43.8 Å². The molecule has 23 heavy (non-hydrogen) atoms. The van der Waals surface area contributed by atoms with Gasteiger partial charge in [0.15, 0.2) is 5.96 Å². The molecule has 6 nitrogen and oxygen atoms in total. The zero-order valence-electron chi connectivity index (χ0n) is 14.4. The molecule has 0 saturated heterocycles. The zero-order chi connectivity index (χ0) is 17.3. The Hall–Kier alpha value is -1.89. The summed E-state index contributed by atoms with van der Waals surface area (Å²) >= 11 is 1.81. The molecule has 1 aromatic carbocycles. The molecule has 0 radical (unpaired) electrons. The fourth-order valence-corrected chi connectivity index (χ4v) is 1.87. The summed E-state index contributed by atoms with van der Waals surface area (Å²) in [5, 5.41) is 9.21. The van der Waals surface area contributed by atoms with Crippen LogP contribution in [0.5, 0.6) is 0 Å². The Morgan fingerprint density at radius 2 is 1.91 bits per heavy atom. The quantitative estimate of drug-likeness (QED) is 0.549. The lowest BCUT2D eigenvalue weighted by Gasteiger charge is -2.23. The standard InChI is InChI=1S/C16H26N4O2S/c1-16(2,23-5)11-19-14(17-3)18-10-12-6-8-13(9-7-12)20-15(21)22-4/h6-9H,10-11H2,1-5H3,(H,20,21)(H2,17,18,19). The Bertz CT molecular complexity index is 529. The normalized spacial score (nSPS) is 11.8. The average Bonchev–Trinajstić information content (AvgIpc) is 2.56. The van der Waals surface area contributed by atoms with Crippen LogP contribution in [0, 0.1) is 0 Å². The third kappa shape index (κ3) is 7.27. The maximum Gasteiger partial charge on any atom is 0.411 e. The Morgan fingerprint density at radius 3 is 2.43 bits per heavy atom. The maximum absolute atomic E-state index is 11.1. The molecular formula is C16H26N4O2S. The number of anilines is 1. The lowest BCUT2D eigenvalue weighted by atomic mass is 10.2. The van der Waals surface area contributed by atoms with Gasteiger partial charge in [0.25, 0.3) is 0 Å². The molecule has 0 saturated carbocycles. The molecule has 128 valence electrons. The van der Waals surface area contributed by atoms with E-state index < -0.39 is 6.09 Å². The molecule has 1 rings (SSSR count). The van der Waals surface area contributed by atoms with Gasteiger partial charge in [-0.1, -0.05) is 12.1 Å². The van der Waals surface area contributed by atoms with Crippen LogP contribution in [0.15, 0.2) is 29.3 Å². The van der Waals surface area contributed by atoms with E-state index in [4.69, 9.17) is 0 Å². The Balaban J connectivity index is 2.48. The number of nitrogens with one attached hydrogen (secondary N) is 3. The minimum atomic E-state index is -0.475. The van der Waals surface area contributed by atoms with E-state index in [0.717, 1.165) is 18.1 Å². The fourth-order valence-electron chi connectivity index (χ4n) is 1.65. The first-order chi connectivity index (χ1) is 10.9. The number of carbonyl (C=O) groups is 1. The molecule has 0 heterocycles. The highest BCUT2D eigenvalue weighted by atomic mass is 32.2. The van der Waals surface area contributed by atoms with E-state index in [1.807, 2.05) is 36.0 Å². The number of amides is 1. The molecular weight excluding hydrogens is 312 g/mol. The maximum atomic E-state index is 11.1. The summed E-state index contributed by atoms with van der Waals surface area (Å²) in [6, 6.07) is 7.55. The van der Waals surface area contributed by atoms with Crippen LogP contribution in [0.2, 0.25) is 0 Å². The third-order valence-electron chi connectivity index (χ3n) is 3.30. The molecule has 0 unspecified atom stereocenters. The van der Waals surface area contributed by atoms with E-state index >= 15 is 0 Å². The van der Waals surface area contributed by atoms with Gasteiger partial charge >= 0.3 is 6.09 Å². The van der Waals surface area contributed by atoms with Gasteiger partial charge in [-0.2, -0.15) is 11.8 Å². The molecule has 1 amide bonds. The summed E-state index contributed by atoms with van der Waals surface area (Å²) in [4.78, 5) is 15.3. The molecule has 0 aliphatic carbocycles. The van der Waals surface area contributed by atoms with Crippen LogP contribution in [-0.2, 0) is 11.3 Å². The number of methoxy groups -OCH3 is 1. The SMILES string of the molecule is CN=C(NCc1ccc(NC(=O)OC)cc1)NCC(C)(C)SC. The topological polar surface area (TPSA) is 74.8 Å². The Kier molecular flexibility index (Phi) is 7.74. The molecule has 0 atom stereocenters. The predicted molar refractivity (Wildman–Crippen MR) is 98.3 cm³/mol. The van der Waals surface area contributed by atoms with Gasteiger partial charge in [0, 0.05) is 30.6 Å². The number of hydrogen-bond acceptors (Lipinski definition) is 4. The number of rotatable bonds is 6. The van der Waals surface area contributed by atoms with Crippen LogP contribution in [0.4, 0.5) is 10.5 Å². The lowest BCUT2D eigenvalue weighted by Crippen LogP contribution is -2.42. The largest absolute Gasteiger partial charge is 0.453 e. The second kappa shape index (κ2) is 9.29. The molecule has 3 N–H and O–H groups in total. The highest BCUT2D eigenvalue weighted by molar-refractivity contribution is 7.99. The van der Waals surface area contributed by atoms with Crippen molar-refractivity contribution in [3.8, 4) is 0 Å². The van der Waals surface area contributed by atoms with Gasteiger partial charge in [-0.15, -0.1) is 0 Å². The first-order valence-corrected chi connectivity index (χ1v) is 8.56. The molecule has 1 aromatic rings. The first kappa shape index (κ1) is 19.2. The van der Waals surface area contributed by atoms with Crippen molar-refractivity contribution in [2.24, 2.45) is 4.99 Å². The summed E-state index contributed by atoms with van der Waals surface area (Å²) in [7, 11) is 3.09. The first-order valence-electron chi connectivity index (χ1n) is 7.34. The highest BCUT2D eigenvalue weighted by Crippen LogP contribution is 2.19. The smallest absolute Gasteiger partial charge is 0.411 e. The van der Waals surface area contributed by atoms with E-state index in [-0.39, 0.29) is 4.75 Å². The van der Waals surface area contributed by atoms with Crippen molar-refractivity contribution < 1.29 is 9.53 Å². The monoisotopic (exact) mass is 338 g/mol. The number of carbonyl (C=O) groups excluding carboxylic acids is 1. The summed E-state index contributed by atoms with van der Waals surface area (Å²) in [6.45, 7) is 5.85. The van der Waals surface area contributed by atoms with Crippen LogP contribution in [0.1, 0.15) is 19.4 Å². The molecule has 0 aromatic heterocycles. The summed E-state index contributed by atoms with van der Waals surface area (Å²) in [5.41, 5.74) is 1.79. The van der Waals surface area contributed by atoms with Crippen molar-refractivity contribution in [3.05, 3.63) is 29.8 Å². The van der Waals surface area contributed by atoms with Gasteiger partial charge < -0.3 is 15.4 Å². The molecule has 0 bridgehead atoms. The molecule has 0 spiro atoms. The predicted octanol–water partition coefficient (Wildman–Crippen LogP) is 2.67. The second-order valence-electron chi connectivity index (χ2n) is 5.56.